The van der Waals surface area contributed by atoms with E-state index in [0.29, 0.717) is 6.07 Å². The lowest BCUT2D eigenvalue weighted by Gasteiger charge is -2.19. The second-order valence-electron chi connectivity index (χ2n) is 4.89. The van der Waals surface area contributed by atoms with Crippen molar-refractivity contribution in [1.82, 2.24) is 5.32 Å². The van der Waals surface area contributed by atoms with Gasteiger partial charge in [-0.15, -0.1) is 0 Å². The molecule has 7 heteroatoms. The highest BCUT2D eigenvalue weighted by atomic mass is 79.9. The SMILES string of the molecule is CC(=O)C(NC(=O)COc1c(F)cc(F)cc1Br)C(C)C. The summed E-state index contributed by atoms with van der Waals surface area (Å²) in [5.74, 6) is -2.72. The summed E-state index contributed by atoms with van der Waals surface area (Å²) >= 11 is 2.95. The van der Waals surface area contributed by atoms with Gasteiger partial charge >= 0.3 is 0 Å². The molecule has 0 aromatic heterocycles. The third kappa shape index (κ3) is 5.08. The molecule has 116 valence electrons. The minimum Gasteiger partial charge on any atom is -0.480 e. The van der Waals surface area contributed by atoms with Crippen LogP contribution in [0.3, 0.4) is 0 Å². The first-order chi connectivity index (χ1) is 9.72. The molecular weight excluding hydrogens is 348 g/mol. The molecule has 1 rings (SSSR count). The van der Waals surface area contributed by atoms with Gasteiger partial charge in [-0.3, -0.25) is 9.59 Å². The Kier molecular flexibility index (Phi) is 6.26. The Balaban J connectivity index is 2.67. The highest BCUT2D eigenvalue weighted by Crippen LogP contribution is 2.29. The number of hydrogen-bond acceptors (Lipinski definition) is 3. The van der Waals surface area contributed by atoms with Gasteiger partial charge in [-0.25, -0.2) is 8.78 Å². The van der Waals surface area contributed by atoms with Crippen LogP contribution >= 0.6 is 15.9 Å². The summed E-state index contributed by atoms with van der Waals surface area (Å²) in [6, 6.07) is 1.07. The fraction of sp³-hybridized carbons (Fsp3) is 0.429. The second kappa shape index (κ2) is 7.49. The van der Waals surface area contributed by atoms with E-state index in [1.807, 2.05) is 0 Å². The van der Waals surface area contributed by atoms with Crippen LogP contribution < -0.4 is 10.1 Å². The zero-order valence-corrected chi connectivity index (χ0v) is 13.5. The molecule has 0 saturated heterocycles. The molecule has 1 amide bonds. The average Bonchev–Trinajstić information content (AvgIpc) is 2.33. The first kappa shape index (κ1) is 17.6. The summed E-state index contributed by atoms with van der Waals surface area (Å²) in [4.78, 5) is 23.1. The molecule has 21 heavy (non-hydrogen) atoms. The maximum Gasteiger partial charge on any atom is 0.258 e. The molecule has 0 aliphatic rings. The van der Waals surface area contributed by atoms with E-state index in [0.717, 1.165) is 6.07 Å². The van der Waals surface area contributed by atoms with Crippen LogP contribution in [0.5, 0.6) is 5.75 Å². The van der Waals surface area contributed by atoms with Gasteiger partial charge in [0.15, 0.2) is 24.0 Å². The molecule has 1 unspecified atom stereocenters. The predicted octanol–water partition coefficient (Wildman–Crippen LogP) is 2.84. The Morgan fingerprint density at radius 3 is 2.43 bits per heavy atom. The van der Waals surface area contributed by atoms with Gasteiger partial charge in [0.2, 0.25) is 0 Å². The number of halogens is 3. The number of ether oxygens (including phenoxy) is 1. The van der Waals surface area contributed by atoms with Crippen LogP contribution in [0.15, 0.2) is 16.6 Å². The molecule has 0 bridgehead atoms. The van der Waals surface area contributed by atoms with Crippen molar-refractivity contribution in [2.24, 2.45) is 5.92 Å². The Hall–Kier alpha value is -1.50. The Labute approximate surface area is 130 Å². The van der Waals surface area contributed by atoms with Gasteiger partial charge in [0.25, 0.3) is 5.91 Å². The topological polar surface area (TPSA) is 55.4 Å². The molecular formula is C14H16BrF2NO3. The lowest BCUT2D eigenvalue weighted by molar-refractivity contribution is -0.129. The highest BCUT2D eigenvalue weighted by Gasteiger charge is 2.21. The van der Waals surface area contributed by atoms with E-state index >= 15 is 0 Å². The highest BCUT2D eigenvalue weighted by molar-refractivity contribution is 9.10. The van der Waals surface area contributed by atoms with Crippen LogP contribution in [-0.2, 0) is 9.59 Å². The summed E-state index contributed by atoms with van der Waals surface area (Å²) in [5.41, 5.74) is 0. The number of amides is 1. The van der Waals surface area contributed by atoms with Crippen molar-refractivity contribution in [2.45, 2.75) is 26.8 Å². The first-order valence-corrected chi connectivity index (χ1v) is 7.08. The molecule has 0 fully saturated rings. The van der Waals surface area contributed by atoms with Crippen molar-refractivity contribution in [3.63, 3.8) is 0 Å². The van der Waals surface area contributed by atoms with Gasteiger partial charge in [0.05, 0.1) is 10.5 Å². The van der Waals surface area contributed by atoms with E-state index in [4.69, 9.17) is 4.74 Å². The standard InChI is InChI=1S/C14H16BrF2NO3/c1-7(2)13(8(3)19)18-12(20)6-21-14-10(15)4-9(16)5-11(14)17/h4-5,7,13H,6H2,1-3H3,(H,18,20). The number of carbonyl (C=O) groups excluding carboxylic acids is 2. The van der Waals surface area contributed by atoms with E-state index in [9.17, 15) is 18.4 Å². The summed E-state index contributed by atoms with van der Waals surface area (Å²) in [5, 5.41) is 2.51. The number of carbonyl (C=O) groups is 2. The maximum atomic E-state index is 13.5. The Morgan fingerprint density at radius 1 is 1.33 bits per heavy atom. The zero-order chi connectivity index (χ0) is 16.2. The number of Topliss-reactive ketones (excluding diaryl/α,β-unsaturated/α-hetero) is 1. The molecule has 1 N–H and O–H groups in total. The minimum absolute atomic E-state index is 0.0688. The van der Waals surface area contributed by atoms with E-state index in [1.165, 1.54) is 6.92 Å². The van der Waals surface area contributed by atoms with E-state index in [2.05, 4.69) is 21.2 Å². The van der Waals surface area contributed by atoms with Crippen LogP contribution in [-0.4, -0.2) is 24.3 Å². The van der Waals surface area contributed by atoms with Gasteiger partial charge in [-0.1, -0.05) is 13.8 Å². The van der Waals surface area contributed by atoms with Crippen molar-refractivity contribution in [1.29, 1.82) is 0 Å². The van der Waals surface area contributed by atoms with Crippen molar-refractivity contribution in [3.8, 4) is 5.75 Å². The normalized spacial score (nSPS) is 12.1. The lowest BCUT2D eigenvalue weighted by atomic mass is 10.0. The van der Waals surface area contributed by atoms with Gasteiger partial charge in [0, 0.05) is 6.07 Å². The average molecular weight is 364 g/mol. The summed E-state index contributed by atoms with van der Waals surface area (Å²) < 4.78 is 31.5. The van der Waals surface area contributed by atoms with Gasteiger partial charge in [0.1, 0.15) is 5.82 Å². The molecule has 4 nitrogen and oxygen atoms in total. The molecule has 0 radical (unpaired) electrons. The first-order valence-electron chi connectivity index (χ1n) is 6.29. The van der Waals surface area contributed by atoms with Crippen molar-refractivity contribution < 1.29 is 23.1 Å². The van der Waals surface area contributed by atoms with Crippen molar-refractivity contribution in [2.75, 3.05) is 6.61 Å². The lowest BCUT2D eigenvalue weighted by Crippen LogP contribution is -2.45. The monoisotopic (exact) mass is 363 g/mol. The van der Waals surface area contributed by atoms with Crippen molar-refractivity contribution in [3.05, 3.63) is 28.2 Å². The van der Waals surface area contributed by atoms with E-state index < -0.39 is 30.2 Å². The quantitative estimate of drug-likeness (QED) is 0.845. The molecule has 0 saturated carbocycles. The fourth-order valence-electron chi connectivity index (χ4n) is 1.76. The number of hydrogen-bond donors (Lipinski definition) is 1. The summed E-state index contributed by atoms with van der Waals surface area (Å²) in [6.07, 6.45) is 0. The number of benzene rings is 1. The third-order valence-corrected chi connectivity index (χ3v) is 3.32. The van der Waals surface area contributed by atoms with Gasteiger partial charge in [-0.05, 0) is 34.8 Å². The number of rotatable bonds is 6. The molecule has 1 aromatic carbocycles. The maximum absolute atomic E-state index is 13.5. The molecule has 0 heterocycles. The fourth-order valence-corrected chi connectivity index (χ4v) is 2.28. The van der Waals surface area contributed by atoms with E-state index in [-0.39, 0.29) is 21.9 Å². The van der Waals surface area contributed by atoms with Gasteiger partial charge in [-0.2, -0.15) is 0 Å². The third-order valence-electron chi connectivity index (χ3n) is 2.73. The molecule has 1 aromatic rings. The molecule has 0 aliphatic carbocycles. The largest absolute Gasteiger partial charge is 0.480 e. The second-order valence-corrected chi connectivity index (χ2v) is 5.74. The number of nitrogens with one attached hydrogen (secondary N) is 1. The molecule has 0 aliphatic heterocycles. The predicted molar refractivity (Wildman–Crippen MR) is 77.0 cm³/mol. The van der Waals surface area contributed by atoms with Crippen LogP contribution in [0.4, 0.5) is 8.78 Å². The van der Waals surface area contributed by atoms with Crippen LogP contribution in [0.1, 0.15) is 20.8 Å². The summed E-state index contributed by atoms with van der Waals surface area (Å²) in [6.45, 7) is 4.49. The number of ketones is 1. The van der Waals surface area contributed by atoms with Gasteiger partial charge < -0.3 is 10.1 Å². The Morgan fingerprint density at radius 2 is 1.95 bits per heavy atom. The minimum atomic E-state index is -0.915. The van der Waals surface area contributed by atoms with Crippen molar-refractivity contribution >= 4 is 27.6 Å². The van der Waals surface area contributed by atoms with Crippen LogP contribution in [0.2, 0.25) is 0 Å². The zero-order valence-electron chi connectivity index (χ0n) is 11.9. The molecule has 0 spiro atoms. The van der Waals surface area contributed by atoms with Crippen LogP contribution in [0, 0.1) is 17.6 Å². The Bertz CT molecular complexity index is 526. The van der Waals surface area contributed by atoms with Crippen LogP contribution in [0.25, 0.3) is 0 Å². The molecule has 1 atom stereocenters. The summed E-state index contributed by atoms with van der Waals surface area (Å²) in [7, 11) is 0. The van der Waals surface area contributed by atoms with E-state index in [1.54, 1.807) is 13.8 Å². The smallest absolute Gasteiger partial charge is 0.258 e.